The minimum Gasteiger partial charge on any atom is -0.464 e. The molecule has 190 valence electrons. The molecule has 1 aliphatic rings. The number of carbonyl (C=O) groups excluding carboxylic acids is 2. The van der Waals surface area contributed by atoms with Crippen molar-refractivity contribution in [2.75, 3.05) is 24.4 Å². The van der Waals surface area contributed by atoms with Gasteiger partial charge in [0.25, 0.3) is 5.91 Å². The zero-order valence-electron chi connectivity index (χ0n) is 21.2. The highest BCUT2D eigenvalue weighted by atomic mass is 16.5. The quantitative estimate of drug-likeness (QED) is 0.302. The van der Waals surface area contributed by atoms with Crippen LogP contribution in [0.4, 0.5) is 11.4 Å². The van der Waals surface area contributed by atoms with Crippen molar-refractivity contribution in [1.29, 1.82) is 0 Å². The summed E-state index contributed by atoms with van der Waals surface area (Å²) in [6.45, 7) is 9.05. The van der Waals surface area contributed by atoms with Crippen molar-refractivity contribution in [2.24, 2.45) is 0 Å². The zero-order valence-corrected chi connectivity index (χ0v) is 21.2. The van der Waals surface area contributed by atoms with Gasteiger partial charge in [0, 0.05) is 24.6 Å². The van der Waals surface area contributed by atoms with Crippen molar-refractivity contribution >= 4 is 34.3 Å². The molecule has 0 bridgehead atoms. The number of methoxy groups -OCH3 is 1. The lowest BCUT2D eigenvalue weighted by Crippen LogP contribution is -2.28. The van der Waals surface area contributed by atoms with Gasteiger partial charge in [-0.25, -0.2) is 9.78 Å². The molecule has 3 heterocycles. The third-order valence-corrected chi connectivity index (χ3v) is 6.35. The Morgan fingerprint density at radius 3 is 2.75 bits per heavy atom. The fraction of sp³-hybridized carbons (Fsp3) is 0.393. The van der Waals surface area contributed by atoms with Crippen LogP contribution in [0.3, 0.4) is 0 Å². The molecule has 2 aromatic heterocycles. The molecule has 8 heteroatoms. The molecule has 36 heavy (non-hydrogen) atoms. The van der Waals surface area contributed by atoms with Gasteiger partial charge in [0.1, 0.15) is 11.8 Å². The lowest BCUT2D eigenvalue weighted by molar-refractivity contribution is -0.124. The van der Waals surface area contributed by atoms with Gasteiger partial charge in [-0.15, -0.1) is 6.58 Å². The topological polar surface area (TPSA) is 94.5 Å². The monoisotopic (exact) mass is 490 g/mol. The molecule has 8 nitrogen and oxygen atoms in total. The molecule has 1 saturated heterocycles. The maximum atomic E-state index is 13.1. The number of hydrogen-bond acceptors (Lipinski definition) is 6. The van der Waals surface area contributed by atoms with Crippen molar-refractivity contribution in [3.8, 4) is 0 Å². The molecule has 1 aliphatic heterocycles. The van der Waals surface area contributed by atoms with E-state index in [2.05, 4.69) is 24.1 Å². The zero-order chi connectivity index (χ0) is 25.7. The van der Waals surface area contributed by atoms with Crippen molar-refractivity contribution < 1.29 is 19.1 Å². The predicted molar refractivity (Wildman–Crippen MR) is 141 cm³/mol. The van der Waals surface area contributed by atoms with Gasteiger partial charge in [0.2, 0.25) is 0 Å². The molecule has 1 amide bonds. The average Bonchev–Trinajstić information content (AvgIpc) is 3.51. The molecule has 2 atom stereocenters. The molecular weight excluding hydrogens is 456 g/mol. The first-order chi connectivity index (χ1) is 17.4. The highest BCUT2D eigenvalue weighted by Crippen LogP contribution is 2.34. The summed E-state index contributed by atoms with van der Waals surface area (Å²) in [4.78, 5) is 30.8. The number of esters is 1. The third-order valence-electron chi connectivity index (χ3n) is 6.35. The van der Waals surface area contributed by atoms with Crippen LogP contribution in [0.5, 0.6) is 0 Å². The normalized spacial score (nSPS) is 16.0. The third kappa shape index (κ3) is 5.76. The van der Waals surface area contributed by atoms with Gasteiger partial charge >= 0.3 is 5.97 Å². The Morgan fingerprint density at radius 1 is 1.31 bits per heavy atom. The van der Waals surface area contributed by atoms with E-state index in [-0.39, 0.29) is 17.6 Å². The number of fused-ring (bicyclic) bond motifs is 1. The first-order valence-electron chi connectivity index (χ1n) is 12.3. The van der Waals surface area contributed by atoms with Crippen molar-refractivity contribution in [2.45, 2.75) is 58.2 Å². The highest BCUT2D eigenvalue weighted by Gasteiger charge is 2.30. The lowest BCUT2D eigenvalue weighted by Gasteiger charge is -2.15. The van der Waals surface area contributed by atoms with Gasteiger partial charge in [-0.1, -0.05) is 35.9 Å². The van der Waals surface area contributed by atoms with Gasteiger partial charge in [0.05, 0.1) is 24.7 Å². The molecule has 2 N–H and O–H groups in total. The summed E-state index contributed by atoms with van der Waals surface area (Å²) in [5.41, 5.74) is 4.16. The molecule has 0 spiro atoms. The predicted octanol–water partition coefficient (Wildman–Crippen LogP) is 5.15. The lowest BCUT2D eigenvalue weighted by atomic mass is 10.1. The minimum absolute atomic E-state index is 0.192. The van der Waals surface area contributed by atoms with E-state index in [0.717, 1.165) is 36.1 Å². The number of ether oxygens (including phenoxy) is 2. The van der Waals surface area contributed by atoms with Gasteiger partial charge in [-0.2, -0.15) is 0 Å². The van der Waals surface area contributed by atoms with Crippen LogP contribution in [0.2, 0.25) is 0 Å². The molecule has 0 radical (unpaired) electrons. The average molecular weight is 491 g/mol. The van der Waals surface area contributed by atoms with E-state index in [1.165, 1.54) is 7.11 Å². The number of hydrogen-bond donors (Lipinski definition) is 2. The van der Waals surface area contributed by atoms with Gasteiger partial charge in [-0.3, -0.25) is 4.79 Å². The molecule has 0 aliphatic carbocycles. The van der Waals surface area contributed by atoms with E-state index >= 15 is 0 Å². The van der Waals surface area contributed by atoms with E-state index < -0.39 is 12.1 Å². The molecule has 1 fully saturated rings. The standard InChI is InChI=1S/C28H34N4O4/c1-18(2)12-13-19(3)30-21-15-22-24(31-27(33)23-11-8-14-36-23)25(28(34)35-4)32(26(22)29-16-21)17-20-9-6-5-7-10-20/h5-7,9-10,15-16,19,23,30H,1,8,11-14,17H2,2-4H3,(H,31,33)/t19-,23+/m1/s1. The Hall–Kier alpha value is -3.65. The van der Waals surface area contributed by atoms with E-state index in [1.54, 1.807) is 10.8 Å². The number of rotatable bonds is 10. The second-order valence-electron chi connectivity index (χ2n) is 9.41. The number of amides is 1. The molecular formula is C28H34N4O4. The SMILES string of the molecule is C=C(C)CC[C@@H](C)Nc1cnc2c(c1)c(NC(=O)[C@@H]1CCCO1)c(C(=O)OC)n2Cc1ccccc1. The first-order valence-corrected chi connectivity index (χ1v) is 12.3. The number of benzene rings is 1. The Morgan fingerprint density at radius 2 is 2.08 bits per heavy atom. The Balaban J connectivity index is 1.79. The van der Waals surface area contributed by atoms with Crippen LogP contribution in [0.15, 0.2) is 54.7 Å². The van der Waals surface area contributed by atoms with Crippen LogP contribution in [-0.4, -0.2) is 47.3 Å². The van der Waals surface area contributed by atoms with E-state index in [1.807, 2.05) is 43.3 Å². The van der Waals surface area contributed by atoms with Crippen LogP contribution < -0.4 is 10.6 Å². The van der Waals surface area contributed by atoms with Crippen LogP contribution in [0, 0.1) is 0 Å². The van der Waals surface area contributed by atoms with Crippen molar-refractivity contribution in [3.05, 3.63) is 66.0 Å². The Kier molecular flexibility index (Phi) is 8.05. The summed E-state index contributed by atoms with van der Waals surface area (Å²) in [6.07, 6.45) is 4.54. The number of aromatic nitrogens is 2. The molecule has 4 rings (SSSR count). The van der Waals surface area contributed by atoms with Crippen LogP contribution in [0.1, 0.15) is 55.6 Å². The fourth-order valence-corrected chi connectivity index (χ4v) is 4.47. The van der Waals surface area contributed by atoms with Gasteiger partial charge in [0.15, 0.2) is 5.69 Å². The number of carbonyl (C=O) groups is 2. The first kappa shape index (κ1) is 25.4. The number of allylic oxidation sites excluding steroid dienone is 1. The second kappa shape index (κ2) is 11.4. The van der Waals surface area contributed by atoms with Crippen LogP contribution >= 0.6 is 0 Å². The molecule has 0 saturated carbocycles. The number of nitrogens with one attached hydrogen (secondary N) is 2. The summed E-state index contributed by atoms with van der Waals surface area (Å²) in [5.74, 6) is -0.819. The maximum Gasteiger partial charge on any atom is 0.356 e. The number of nitrogens with zero attached hydrogens (tertiary/aromatic N) is 2. The van der Waals surface area contributed by atoms with Crippen molar-refractivity contribution in [1.82, 2.24) is 9.55 Å². The maximum absolute atomic E-state index is 13.1. The summed E-state index contributed by atoms with van der Waals surface area (Å²) in [6, 6.07) is 11.9. The number of pyridine rings is 1. The van der Waals surface area contributed by atoms with Crippen LogP contribution in [-0.2, 0) is 20.8 Å². The summed E-state index contributed by atoms with van der Waals surface area (Å²) in [5, 5.41) is 7.11. The summed E-state index contributed by atoms with van der Waals surface area (Å²) >= 11 is 0. The van der Waals surface area contributed by atoms with Crippen molar-refractivity contribution in [3.63, 3.8) is 0 Å². The summed E-state index contributed by atoms with van der Waals surface area (Å²) in [7, 11) is 1.34. The molecule has 3 aromatic rings. The highest BCUT2D eigenvalue weighted by molar-refractivity contribution is 6.12. The van der Waals surface area contributed by atoms with Gasteiger partial charge in [-0.05, 0) is 51.2 Å². The Bertz CT molecular complexity index is 1250. The van der Waals surface area contributed by atoms with Crippen LogP contribution in [0.25, 0.3) is 11.0 Å². The second-order valence-corrected chi connectivity index (χ2v) is 9.41. The van der Waals surface area contributed by atoms with E-state index in [4.69, 9.17) is 14.5 Å². The smallest absolute Gasteiger partial charge is 0.356 e. The number of anilines is 2. The minimum atomic E-state index is -0.545. The summed E-state index contributed by atoms with van der Waals surface area (Å²) < 4.78 is 12.5. The van der Waals surface area contributed by atoms with Gasteiger partial charge < -0.3 is 24.7 Å². The van der Waals surface area contributed by atoms with E-state index in [9.17, 15) is 9.59 Å². The van der Waals surface area contributed by atoms with E-state index in [0.29, 0.717) is 36.3 Å². The fourth-order valence-electron chi connectivity index (χ4n) is 4.47. The Labute approximate surface area is 211 Å². The largest absolute Gasteiger partial charge is 0.464 e. The molecule has 0 unspecified atom stereocenters. The molecule has 1 aromatic carbocycles.